The number of pyridine rings is 1. The van der Waals surface area contributed by atoms with Gasteiger partial charge in [0.15, 0.2) is 5.72 Å². The summed E-state index contributed by atoms with van der Waals surface area (Å²) >= 11 is 0. The fourth-order valence-corrected chi connectivity index (χ4v) is 3.28. The summed E-state index contributed by atoms with van der Waals surface area (Å²) in [6.45, 7) is 4.22. The van der Waals surface area contributed by atoms with Gasteiger partial charge in [-0.1, -0.05) is 31.2 Å². The molecule has 2 aromatic heterocycles. The summed E-state index contributed by atoms with van der Waals surface area (Å²) in [5.41, 5.74) is 3.59. The Bertz CT molecular complexity index is 968. The van der Waals surface area contributed by atoms with Crippen LogP contribution in [0.15, 0.2) is 47.7 Å². The monoisotopic (exact) mass is 352 g/mol. The molecule has 0 aliphatic carbocycles. The summed E-state index contributed by atoms with van der Waals surface area (Å²) in [7, 11) is 1.75. The van der Waals surface area contributed by atoms with Crippen molar-refractivity contribution in [2.24, 2.45) is 7.05 Å². The highest BCUT2D eigenvalue weighted by Crippen LogP contribution is 2.26. The summed E-state index contributed by atoms with van der Waals surface area (Å²) in [6.07, 6.45) is 5.48. The summed E-state index contributed by atoms with van der Waals surface area (Å²) in [5, 5.41) is 3.50. The molecular weight excluding hydrogens is 328 g/mol. The van der Waals surface area contributed by atoms with Gasteiger partial charge in [-0.15, -0.1) is 0 Å². The van der Waals surface area contributed by atoms with Crippen molar-refractivity contribution in [1.29, 1.82) is 0 Å². The topological polar surface area (TPSA) is 64.4 Å². The molecular formula is C20H24N4O2. The molecule has 4 rings (SSSR count). The Kier molecular flexibility index (Phi) is 4.38. The van der Waals surface area contributed by atoms with E-state index in [0.29, 0.717) is 18.7 Å². The standard InChI is InChI=1S/C20H24N4O2/c1-3-15-4-6-16(7-5-15)8-10-22-20(13-26-20)12-24-14-21-17-9-11-23(2)19(25)18(17)24/h4-7,9,11,14,22H,3,8,10,12-13H2,1-2H3. The van der Waals surface area contributed by atoms with Crippen molar-refractivity contribution in [2.45, 2.75) is 32.0 Å². The minimum atomic E-state index is -0.391. The van der Waals surface area contributed by atoms with E-state index in [0.717, 1.165) is 24.9 Å². The third-order valence-electron chi connectivity index (χ3n) is 5.06. The lowest BCUT2D eigenvalue weighted by atomic mass is 10.1. The van der Waals surface area contributed by atoms with Gasteiger partial charge in [-0.3, -0.25) is 10.1 Å². The number of benzene rings is 1. The van der Waals surface area contributed by atoms with Gasteiger partial charge in [-0.2, -0.15) is 0 Å². The van der Waals surface area contributed by atoms with Crippen molar-refractivity contribution >= 4 is 11.0 Å². The number of fused-ring (bicyclic) bond motifs is 1. The largest absolute Gasteiger partial charge is 0.352 e. The average molecular weight is 352 g/mol. The highest BCUT2D eigenvalue weighted by molar-refractivity contribution is 5.73. The van der Waals surface area contributed by atoms with E-state index < -0.39 is 5.72 Å². The lowest BCUT2D eigenvalue weighted by molar-refractivity contribution is 0.230. The normalized spacial score (nSPS) is 19.2. The molecule has 0 radical (unpaired) electrons. The molecule has 3 heterocycles. The van der Waals surface area contributed by atoms with Crippen LogP contribution in [0.1, 0.15) is 18.1 Å². The molecule has 1 N–H and O–H groups in total. The van der Waals surface area contributed by atoms with Crippen molar-refractivity contribution in [2.75, 3.05) is 13.2 Å². The van der Waals surface area contributed by atoms with E-state index in [9.17, 15) is 4.79 Å². The van der Waals surface area contributed by atoms with Gasteiger partial charge >= 0.3 is 0 Å². The van der Waals surface area contributed by atoms with E-state index >= 15 is 0 Å². The third-order valence-corrected chi connectivity index (χ3v) is 5.06. The maximum atomic E-state index is 12.4. The first-order valence-corrected chi connectivity index (χ1v) is 9.07. The number of epoxide rings is 1. The quantitative estimate of drug-likeness (QED) is 0.659. The van der Waals surface area contributed by atoms with Crippen LogP contribution in [0.4, 0.5) is 0 Å². The van der Waals surface area contributed by atoms with E-state index in [2.05, 4.69) is 41.5 Å². The molecule has 6 heteroatoms. The van der Waals surface area contributed by atoms with E-state index in [4.69, 9.17) is 4.74 Å². The minimum Gasteiger partial charge on any atom is -0.352 e. The molecule has 1 atom stereocenters. The molecule has 1 unspecified atom stereocenters. The van der Waals surface area contributed by atoms with Crippen LogP contribution in [-0.2, 0) is 31.2 Å². The van der Waals surface area contributed by atoms with Crippen LogP contribution >= 0.6 is 0 Å². The molecule has 6 nitrogen and oxygen atoms in total. The predicted molar refractivity (Wildman–Crippen MR) is 101 cm³/mol. The Morgan fingerprint density at radius 2 is 1.96 bits per heavy atom. The number of nitrogens with zero attached hydrogens (tertiary/aromatic N) is 3. The molecule has 1 saturated heterocycles. The first-order chi connectivity index (χ1) is 12.6. The smallest absolute Gasteiger partial charge is 0.276 e. The fourth-order valence-electron chi connectivity index (χ4n) is 3.28. The zero-order valence-corrected chi connectivity index (χ0v) is 15.2. The van der Waals surface area contributed by atoms with Gasteiger partial charge in [0.2, 0.25) is 0 Å². The molecule has 1 aliphatic heterocycles. The van der Waals surface area contributed by atoms with Crippen molar-refractivity contribution in [1.82, 2.24) is 19.4 Å². The molecule has 136 valence electrons. The van der Waals surface area contributed by atoms with Crippen LogP contribution in [0.25, 0.3) is 11.0 Å². The van der Waals surface area contributed by atoms with E-state index in [1.807, 2.05) is 10.6 Å². The number of hydrogen-bond acceptors (Lipinski definition) is 4. The van der Waals surface area contributed by atoms with Crippen molar-refractivity contribution < 1.29 is 4.74 Å². The number of nitrogens with one attached hydrogen (secondary N) is 1. The molecule has 1 aliphatic rings. The maximum Gasteiger partial charge on any atom is 0.276 e. The second kappa shape index (κ2) is 6.70. The highest BCUT2D eigenvalue weighted by atomic mass is 16.6. The number of rotatable bonds is 7. The Morgan fingerprint density at radius 3 is 2.65 bits per heavy atom. The lowest BCUT2D eigenvalue weighted by Crippen LogP contribution is -2.38. The van der Waals surface area contributed by atoms with Crippen LogP contribution in [0.2, 0.25) is 0 Å². The molecule has 0 spiro atoms. The number of aromatic nitrogens is 3. The van der Waals surface area contributed by atoms with Crippen LogP contribution in [0, 0.1) is 0 Å². The Morgan fingerprint density at radius 1 is 1.23 bits per heavy atom. The third kappa shape index (κ3) is 3.30. The molecule has 3 aromatic rings. The Balaban J connectivity index is 1.42. The maximum absolute atomic E-state index is 12.4. The van der Waals surface area contributed by atoms with E-state index in [1.165, 1.54) is 11.1 Å². The van der Waals surface area contributed by atoms with Crippen molar-refractivity contribution in [3.63, 3.8) is 0 Å². The average Bonchev–Trinajstić information content (AvgIpc) is 3.29. The number of hydrogen-bond donors (Lipinski definition) is 1. The summed E-state index contributed by atoms with van der Waals surface area (Å²) < 4.78 is 9.17. The molecule has 1 fully saturated rings. The number of aryl methyl sites for hydroxylation is 2. The van der Waals surface area contributed by atoms with Gasteiger partial charge in [0.25, 0.3) is 5.56 Å². The summed E-state index contributed by atoms with van der Waals surface area (Å²) in [5.74, 6) is 0. The SMILES string of the molecule is CCc1ccc(CCNC2(Cn3cnc4ccn(C)c(=O)c43)CO2)cc1. The van der Waals surface area contributed by atoms with Gasteiger partial charge < -0.3 is 13.9 Å². The van der Waals surface area contributed by atoms with Crippen LogP contribution < -0.4 is 10.9 Å². The van der Waals surface area contributed by atoms with E-state index in [1.54, 1.807) is 24.1 Å². The first kappa shape index (κ1) is 17.0. The second-order valence-electron chi connectivity index (χ2n) is 6.97. The van der Waals surface area contributed by atoms with Crippen LogP contribution in [0.5, 0.6) is 0 Å². The van der Waals surface area contributed by atoms with Gasteiger partial charge in [-0.25, -0.2) is 4.98 Å². The van der Waals surface area contributed by atoms with Crippen molar-refractivity contribution in [3.05, 3.63) is 64.3 Å². The van der Waals surface area contributed by atoms with Gasteiger partial charge in [0.05, 0.1) is 25.0 Å². The molecule has 0 bridgehead atoms. The van der Waals surface area contributed by atoms with Crippen LogP contribution in [0.3, 0.4) is 0 Å². The molecule has 1 aromatic carbocycles. The minimum absolute atomic E-state index is 0.0354. The fraction of sp³-hybridized carbons (Fsp3) is 0.400. The number of imidazole rings is 1. The molecule has 0 amide bonds. The van der Waals surface area contributed by atoms with Gasteiger partial charge in [0, 0.05) is 19.8 Å². The Hall–Kier alpha value is -2.44. The summed E-state index contributed by atoms with van der Waals surface area (Å²) in [4.78, 5) is 16.8. The van der Waals surface area contributed by atoms with Gasteiger partial charge in [0.1, 0.15) is 5.52 Å². The molecule has 26 heavy (non-hydrogen) atoms. The highest BCUT2D eigenvalue weighted by Gasteiger charge is 2.45. The Labute approximate surface area is 152 Å². The van der Waals surface area contributed by atoms with Crippen molar-refractivity contribution in [3.8, 4) is 0 Å². The predicted octanol–water partition coefficient (Wildman–Crippen LogP) is 1.86. The summed E-state index contributed by atoms with van der Waals surface area (Å²) in [6, 6.07) is 10.6. The zero-order valence-electron chi connectivity index (χ0n) is 15.2. The van der Waals surface area contributed by atoms with Gasteiger partial charge in [-0.05, 0) is 30.0 Å². The number of ether oxygens (including phenoxy) is 1. The molecule has 0 saturated carbocycles. The van der Waals surface area contributed by atoms with Crippen LogP contribution in [-0.4, -0.2) is 33.0 Å². The van der Waals surface area contributed by atoms with E-state index in [-0.39, 0.29) is 5.56 Å². The second-order valence-corrected chi connectivity index (χ2v) is 6.97. The first-order valence-electron chi connectivity index (χ1n) is 9.07. The zero-order chi connectivity index (χ0) is 18.1. The lowest BCUT2D eigenvalue weighted by Gasteiger charge is -2.15.